The van der Waals surface area contributed by atoms with Gasteiger partial charge in [0.05, 0.1) is 5.60 Å². The predicted molar refractivity (Wildman–Crippen MR) is 118 cm³/mol. The van der Waals surface area contributed by atoms with E-state index in [1.807, 2.05) is 33.8 Å². The Labute approximate surface area is 183 Å². The summed E-state index contributed by atoms with van der Waals surface area (Å²) in [6.07, 6.45) is 0.505. The van der Waals surface area contributed by atoms with Crippen LogP contribution in [0.25, 0.3) is 0 Å². The van der Waals surface area contributed by atoms with Gasteiger partial charge in [0.2, 0.25) is 5.91 Å². The van der Waals surface area contributed by atoms with Crippen LogP contribution >= 0.6 is 0 Å². The number of halogens is 1. The summed E-state index contributed by atoms with van der Waals surface area (Å²) in [5.41, 5.74) is -1.31. The number of hydrogen-bond acceptors (Lipinski definition) is 3. The van der Waals surface area contributed by atoms with Crippen molar-refractivity contribution in [2.75, 3.05) is 13.1 Å². The molecule has 1 atom stereocenters. The molecule has 1 unspecified atom stereocenters. The second kappa shape index (κ2) is 8.42. The van der Waals surface area contributed by atoms with Gasteiger partial charge in [0, 0.05) is 36.0 Å². The molecule has 166 valence electrons. The topological polar surface area (TPSA) is 69.6 Å². The van der Waals surface area contributed by atoms with Gasteiger partial charge in [-0.2, -0.15) is 0 Å². The SMILES string of the molecule is CC(C)(CC(=O)N1CCC(O)(c2ccc(F)cc2)C(C)(C)C1)NC(=O)c1ccccc1. The van der Waals surface area contributed by atoms with Crippen molar-refractivity contribution in [3.63, 3.8) is 0 Å². The summed E-state index contributed by atoms with van der Waals surface area (Å²) in [5.74, 6) is -0.645. The number of nitrogens with one attached hydrogen (secondary N) is 1. The van der Waals surface area contributed by atoms with Crippen molar-refractivity contribution in [1.29, 1.82) is 0 Å². The summed E-state index contributed by atoms with van der Waals surface area (Å²) < 4.78 is 13.3. The highest BCUT2D eigenvalue weighted by Crippen LogP contribution is 2.46. The van der Waals surface area contributed by atoms with Crippen LogP contribution in [0, 0.1) is 11.2 Å². The lowest BCUT2D eigenvalue weighted by Crippen LogP contribution is -2.58. The molecule has 1 saturated heterocycles. The highest BCUT2D eigenvalue weighted by Gasteiger charge is 2.49. The van der Waals surface area contributed by atoms with Gasteiger partial charge in [-0.1, -0.05) is 44.2 Å². The Morgan fingerprint density at radius 3 is 2.29 bits per heavy atom. The number of hydrogen-bond donors (Lipinski definition) is 2. The van der Waals surface area contributed by atoms with Gasteiger partial charge in [0.15, 0.2) is 0 Å². The second-order valence-electron chi connectivity index (χ2n) is 9.70. The Hall–Kier alpha value is -2.73. The van der Waals surface area contributed by atoms with Crippen LogP contribution in [0.1, 0.15) is 56.5 Å². The van der Waals surface area contributed by atoms with Crippen LogP contribution in [-0.2, 0) is 10.4 Å². The molecule has 0 saturated carbocycles. The number of carbonyl (C=O) groups excluding carboxylic acids is 2. The van der Waals surface area contributed by atoms with Crippen LogP contribution in [-0.4, -0.2) is 40.4 Å². The number of aliphatic hydroxyl groups is 1. The minimum atomic E-state index is -1.16. The fourth-order valence-electron chi connectivity index (χ4n) is 4.30. The first kappa shape index (κ1) is 22.9. The van der Waals surface area contributed by atoms with Gasteiger partial charge in [-0.05, 0) is 50.1 Å². The fraction of sp³-hybridized carbons (Fsp3) is 0.440. The van der Waals surface area contributed by atoms with E-state index in [-0.39, 0.29) is 24.1 Å². The van der Waals surface area contributed by atoms with Gasteiger partial charge >= 0.3 is 0 Å². The zero-order chi connectivity index (χ0) is 22.9. The van der Waals surface area contributed by atoms with Gasteiger partial charge in [-0.3, -0.25) is 9.59 Å². The molecule has 0 aliphatic carbocycles. The normalized spacial score (nSPS) is 20.9. The van der Waals surface area contributed by atoms with Crippen LogP contribution in [0.5, 0.6) is 0 Å². The molecule has 1 heterocycles. The molecule has 0 spiro atoms. The number of piperidine rings is 1. The molecule has 1 aliphatic rings. The van der Waals surface area contributed by atoms with Crippen molar-refractivity contribution in [2.45, 2.75) is 51.7 Å². The van der Waals surface area contributed by atoms with E-state index in [0.717, 1.165) is 0 Å². The maximum absolute atomic E-state index is 13.3. The Balaban J connectivity index is 1.66. The number of likely N-dealkylation sites (tertiary alicyclic amines) is 1. The van der Waals surface area contributed by atoms with E-state index in [9.17, 15) is 19.1 Å². The predicted octanol–water partition coefficient (Wildman–Crippen LogP) is 3.87. The fourth-order valence-corrected chi connectivity index (χ4v) is 4.30. The lowest BCUT2D eigenvalue weighted by Gasteiger charge is -2.51. The monoisotopic (exact) mass is 426 g/mol. The number of nitrogens with zero attached hydrogens (tertiary/aromatic N) is 1. The van der Waals surface area contributed by atoms with Crippen molar-refractivity contribution in [2.24, 2.45) is 5.41 Å². The van der Waals surface area contributed by atoms with Crippen molar-refractivity contribution in [3.05, 3.63) is 71.5 Å². The van der Waals surface area contributed by atoms with Gasteiger partial charge < -0.3 is 15.3 Å². The molecule has 2 aromatic carbocycles. The van der Waals surface area contributed by atoms with Crippen LogP contribution in [0.4, 0.5) is 4.39 Å². The Bertz CT molecular complexity index is 941. The second-order valence-corrected chi connectivity index (χ2v) is 9.70. The maximum Gasteiger partial charge on any atom is 0.251 e. The third-order valence-corrected chi connectivity index (χ3v) is 6.20. The van der Waals surface area contributed by atoms with Crippen LogP contribution in [0.3, 0.4) is 0 Å². The average Bonchev–Trinajstić information content (AvgIpc) is 2.70. The molecular weight excluding hydrogens is 395 g/mol. The van der Waals surface area contributed by atoms with Crippen LogP contribution in [0.2, 0.25) is 0 Å². The minimum Gasteiger partial charge on any atom is -0.384 e. The lowest BCUT2D eigenvalue weighted by molar-refractivity contribution is -0.154. The molecule has 6 heteroatoms. The molecule has 5 nitrogen and oxygen atoms in total. The van der Waals surface area contributed by atoms with E-state index in [1.165, 1.54) is 12.1 Å². The molecule has 2 aromatic rings. The van der Waals surface area contributed by atoms with Crippen molar-refractivity contribution >= 4 is 11.8 Å². The number of benzene rings is 2. The largest absolute Gasteiger partial charge is 0.384 e. The van der Waals surface area contributed by atoms with Gasteiger partial charge in [-0.15, -0.1) is 0 Å². The summed E-state index contributed by atoms with van der Waals surface area (Å²) in [5, 5.41) is 14.4. The third-order valence-electron chi connectivity index (χ3n) is 6.20. The first-order valence-electron chi connectivity index (χ1n) is 10.6. The standard InChI is InChI=1S/C25H31FN2O3/c1-23(2)17-28(15-14-25(23,31)19-10-12-20(26)13-11-19)21(29)16-24(3,4)27-22(30)18-8-6-5-7-9-18/h5-13,31H,14-17H2,1-4H3,(H,27,30). The first-order chi connectivity index (χ1) is 14.4. The van der Waals surface area contributed by atoms with E-state index < -0.39 is 16.6 Å². The third kappa shape index (κ3) is 4.96. The summed E-state index contributed by atoms with van der Waals surface area (Å²) in [7, 11) is 0. The molecule has 1 aliphatic heterocycles. The van der Waals surface area contributed by atoms with E-state index in [0.29, 0.717) is 30.6 Å². The zero-order valence-electron chi connectivity index (χ0n) is 18.6. The maximum atomic E-state index is 13.3. The number of amides is 2. The van der Waals surface area contributed by atoms with Gasteiger partial charge in [0.1, 0.15) is 5.82 Å². The highest BCUT2D eigenvalue weighted by molar-refractivity contribution is 5.95. The molecule has 2 N–H and O–H groups in total. The summed E-state index contributed by atoms with van der Waals surface area (Å²) in [6, 6.07) is 14.8. The van der Waals surface area contributed by atoms with Crippen LogP contribution in [0.15, 0.2) is 54.6 Å². The smallest absolute Gasteiger partial charge is 0.251 e. The van der Waals surface area contributed by atoms with Crippen LogP contribution < -0.4 is 5.32 Å². The summed E-state index contributed by atoms with van der Waals surface area (Å²) >= 11 is 0. The van der Waals surface area contributed by atoms with Crippen molar-refractivity contribution in [3.8, 4) is 0 Å². The molecule has 31 heavy (non-hydrogen) atoms. The van der Waals surface area contributed by atoms with Gasteiger partial charge in [0.25, 0.3) is 5.91 Å². The quantitative estimate of drug-likeness (QED) is 0.763. The molecule has 2 amide bonds. The molecule has 3 rings (SSSR count). The lowest BCUT2D eigenvalue weighted by atomic mass is 9.66. The Kier molecular flexibility index (Phi) is 6.23. The Morgan fingerprint density at radius 2 is 1.71 bits per heavy atom. The average molecular weight is 427 g/mol. The number of carbonyl (C=O) groups is 2. The minimum absolute atomic E-state index is 0.0763. The Morgan fingerprint density at radius 1 is 1.10 bits per heavy atom. The molecule has 0 bridgehead atoms. The highest BCUT2D eigenvalue weighted by atomic mass is 19.1. The molecule has 0 radical (unpaired) electrons. The zero-order valence-corrected chi connectivity index (χ0v) is 18.6. The van der Waals surface area contributed by atoms with Gasteiger partial charge in [-0.25, -0.2) is 4.39 Å². The van der Waals surface area contributed by atoms with Crippen molar-refractivity contribution < 1.29 is 19.1 Å². The first-order valence-corrected chi connectivity index (χ1v) is 10.6. The summed E-state index contributed by atoms with van der Waals surface area (Å²) in [4.78, 5) is 27.3. The van der Waals surface area contributed by atoms with E-state index in [1.54, 1.807) is 41.3 Å². The molecular formula is C25H31FN2O3. The number of rotatable bonds is 5. The van der Waals surface area contributed by atoms with Crippen molar-refractivity contribution in [1.82, 2.24) is 10.2 Å². The molecule has 1 fully saturated rings. The molecule has 0 aromatic heterocycles. The summed E-state index contributed by atoms with van der Waals surface area (Å²) in [6.45, 7) is 8.24. The van der Waals surface area contributed by atoms with E-state index in [4.69, 9.17) is 0 Å². The van der Waals surface area contributed by atoms with E-state index >= 15 is 0 Å². The van der Waals surface area contributed by atoms with E-state index in [2.05, 4.69) is 5.32 Å².